The molecule has 1 aliphatic carbocycles. The number of halogens is 1. The van der Waals surface area contributed by atoms with Gasteiger partial charge in [0.15, 0.2) is 0 Å². The lowest BCUT2D eigenvalue weighted by atomic mass is 10.1. The first-order chi connectivity index (χ1) is 12.7. The van der Waals surface area contributed by atoms with Crippen molar-refractivity contribution in [1.82, 2.24) is 19.7 Å². The van der Waals surface area contributed by atoms with Gasteiger partial charge in [-0.25, -0.2) is 4.98 Å². The molecule has 9 heteroatoms. The molecular formula is C17H23ClN6O2. The van der Waals surface area contributed by atoms with E-state index in [9.17, 15) is 5.11 Å². The number of hydrogen-bond donors (Lipinski definition) is 2. The fourth-order valence-corrected chi connectivity index (χ4v) is 3.83. The zero-order valence-electron chi connectivity index (χ0n) is 14.5. The van der Waals surface area contributed by atoms with E-state index in [0.717, 1.165) is 38.3 Å². The molecule has 0 aromatic carbocycles. The van der Waals surface area contributed by atoms with Gasteiger partial charge in [-0.15, -0.1) is 0 Å². The minimum absolute atomic E-state index is 0.0639. The van der Waals surface area contributed by atoms with Crippen LogP contribution in [0.3, 0.4) is 0 Å². The van der Waals surface area contributed by atoms with Gasteiger partial charge in [0.05, 0.1) is 36.6 Å². The Morgan fingerprint density at radius 3 is 2.92 bits per heavy atom. The smallest absolute Gasteiger partial charge is 0.224 e. The van der Waals surface area contributed by atoms with Gasteiger partial charge in [-0.2, -0.15) is 10.1 Å². The maximum atomic E-state index is 10.4. The van der Waals surface area contributed by atoms with Crippen LogP contribution in [0.4, 0.5) is 11.8 Å². The lowest BCUT2D eigenvalue weighted by molar-refractivity contribution is 0.122. The maximum absolute atomic E-state index is 10.4. The Morgan fingerprint density at radius 2 is 2.15 bits per heavy atom. The summed E-state index contributed by atoms with van der Waals surface area (Å²) in [6.45, 7) is 3.84. The predicted octanol–water partition coefficient (Wildman–Crippen LogP) is 1.41. The molecule has 2 aromatic rings. The second-order valence-corrected chi connectivity index (χ2v) is 7.31. The number of hydrogen-bond acceptors (Lipinski definition) is 7. The van der Waals surface area contributed by atoms with Crippen molar-refractivity contribution in [3.8, 4) is 0 Å². The molecule has 0 radical (unpaired) electrons. The summed E-state index contributed by atoms with van der Waals surface area (Å²) in [5, 5.41) is 18.6. The number of rotatable bonds is 5. The normalized spacial score (nSPS) is 26.2. The number of aliphatic hydroxyl groups is 1. The predicted molar refractivity (Wildman–Crippen MR) is 98.4 cm³/mol. The van der Waals surface area contributed by atoms with Crippen LogP contribution in [0, 0.1) is 5.92 Å². The highest BCUT2D eigenvalue weighted by Crippen LogP contribution is 2.29. The molecule has 2 aliphatic rings. The molecule has 26 heavy (non-hydrogen) atoms. The SMILES string of the molecule is O[C@@H]1CC(Cn2cc(Cl)cn2)C[C@H]1Nc1nccc(N2CCOCC2)n1. The third-order valence-electron chi connectivity index (χ3n) is 4.96. The molecule has 0 bridgehead atoms. The molecule has 1 unspecified atom stereocenters. The maximum Gasteiger partial charge on any atom is 0.224 e. The molecule has 3 heterocycles. The summed E-state index contributed by atoms with van der Waals surface area (Å²) in [4.78, 5) is 11.1. The molecule has 2 fully saturated rings. The van der Waals surface area contributed by atoms with Gasteiger partial charge < -0.3 is 20.1 Å². The van der Waals surface area contributed by atoms with Crippen LogP contribution in [0.1, 0.15) is 12.8 Å². The van der Waals surface area contributed by atoms with Crippen molar-refractivity contribution in [2.24, 2.45) is 5.92 Å². The minimum Gasteiger partial charge on any atom is -0.391 e. The molecular weight excluding hydrogens is 356 g/mol. The highest BCUT2D eigenvalue weighted by atomic mass is 35.5. The molecule has 2 aromatic heterocycles. The first-order valence-corrected chi connectivity index (χ1v) is 9.33. The third kappa shape index (κ3) is 4.08. The van der Waals surface area contributed by atoms with Gasteiger partial charge in [-0.1, -0.05) is 11.6 Å². The summed E-state index contributed by atoms with van der Waals surface area (Å²) in [6.07, 6.45) is 6.32. The van der Waals surface area contributed by atoms with Crippen LogP contribution in [-0.2, 0) is 11.3 Å². The Kier molecular flexibility index (Phi) is 5.23. The summed E-state index contributed by atoms with van der Waals surface area (Å²) in [5.74, 6) is 1.78. The van der Waals surface area contributed by atoms with E-state index in [1.54, 1.807) is 12.4 Å². The van der Waals surface area contributed by atoms with E-state index in [4.69, 9.17) is 16.3 Å². The Hall–Kier alpha value is -1.90. The summed E-state index contributed by atoms with van der Waals surface area (Å²) in [6, 6.07) is 1.84. The quantitative estimate of drug-likeness (QED) is 0.813. The fraction of sp³-hybridized carbons (Fsp3) is 0.588. The van der Waals surface area contributed by atoms with Gasteiger partial charge in [0.25, 0.3) is 0 Å². The highest BCUT2D eigenvalue weighted by Gasteiger charge is 2.33. The average molecular weight is 379 g/mol. The summed E-state index contributed by atoms with van der Waals surface area (Å²) in [7, 11) is 0. The number of aliphatic hydroxyl groups excluding tert-OH is 1. The van der Waals surface area contributed by atoms with Crippen LogP contribution in [-0.4, -0.2) is 63.3 Å². The van der Waals surface area contributed by atoms with Crippen LogP contribution in [0.15, 0.2) is 24.7 Å². The van der Waals surface area contributed by atoms with Crippen LogP contribution >= 0.6 is 11.6 Å². The minimum atomic E-state index is -0.429. The van der Waals surface area contributed by atoms with Gasteiger partial charge >= 0.3 is 0 Å². The number of morpholine rings is 1. The van der Waals surface area contributed by atoms with Crippen molar-refractivity contribution >= 4 is 23.4 Å². The lowest BCUT2D eigenvalue weighted by Gasteiger charge is -2.28. The van der Waals surface area contributed by atoms with Gasteiger partial charge in [0.1, 0.15) is 5.82 Å². The largest absolute Gasteiger partial charge is 0.391 e. The molecule has 4 rings (SSSR count). The first kappa shape index (κ1) is 17.5. The van der Waals surface area contributed by atoms with E-state index in [1.807, 2.05) is 16.9 Å². The molecule has 1 aliphatic heterocycles. The van der Waals surface area contributed by atoms with Gasteiger partial charge in [0, 0.05) is 32.0 Å². The Morgan fingerprint density at radius 1 is 1.31 bits per heavy atom. The van der Waals surface area contributed by atoms with Crippen molar-refractivity contribution in [2.45, 2.75) is 31.5 Å². The monoisotopic (exact) mass is 378 g/mol. The van der Waals surface area contributed by atoms with E-state index < -0.39 is 6.10 Å². The van der Waals surface area contributed by atoms with Gasteiger partial charge in [0.2, 0.25) is 5.95 Å². The van der Waals surface area contributed by atoms with Crippen LogP contribution in [0.5, 0.6) is 0 Å². The van der Waals surface area contributed by atoms with Crippen molar-refractivity contribution < 1.29 is 9.84 Å². The third-order valence-corrected chi connectivity index (χ3v) is 5.16. The number of ether oxygens (including phenoxy) is 1. The van der Waals surface area contributed by atoms with Crippen LogP contribution in [0.2, 0.25) is 5.02 Å². The first-order valence-electron chi connectivity index (χ1n) is 8.95. The fourth-order valence-electron chi connectivity index (χ4n) is 3.68. The topological polar surface area (TPSA) is 88.3 Å². The van der Waals surface area contributed by atoms with Crippen molar-refractivity contribution in [3.63, 3.8) is 0 Å². The average Bonchev–Trinajstić information content (AvgIpc) is 3.21. The van der Waals surface area contributed by atoms with E-state index >= 15 is 0 Å². The van der Waals surface area contributed by atoms with Crippen molar-refractivity contribution in [3.05, 3.63) is 29.7 Å². The summed E-state index contributed by atoms with van der Waals surface area (Å²) >= 11 is 5.92. The number of anilines is 2. The molecule has 1 saturated heterocycles. The Labute approximate surface area is 157 Å². The summed E-state index contributed by atoms with van der Waals surface area (Å²) in [5.41, 5.74) is 0. The molecule has 3 atom stereocenters. The zero-order valence-corrected chi connectivity index (χ0v) is 15.2. The number of nitrogens with one attached hydrogen (secondary N) is 1. The van der Waals surface area contributed by atoms with Crippen molar-refractivity contribution in [1.29, 1.82) is 0 Å². The lowest BCUT2D eigenvalue weighted by Crippen LogP contribution is -2.37. The van der Waals surface area contributed by atoms with Crippen LogP contribution < -0.4 is 10.2 Å². The standard InChI is InChI=1S/C17H23ClN6O2/c18-13-9-20-24(11-13)10-12-7-14(15(25)8-12)21-17-19-2-1-16(22-17)23-3-5-26-6-4-23/h1-2,9,11-12,14-15,25H,3-8,10H2,(H,19,21,22)/t12?,14-,15-/m1/s1. The molecule has 8 nitrogen and oxygen atoms in total. The Bertz CT molecular complexity index is 736. The van der Waals surface area contributed by atoms with E-state index in [2.05, 4.69) is 25.3 Å². The molecule has 2 N–H and O–H groups in total. The summed E-state index contributed by atoms with van der Waals surface area (Å²) < 4.78 is 7.22. The van der Waals surface area contributed by atoms with Gasteiger partial charge in [-0.3, -0.25) is 4.68 Å². The van der Waals surface area contributed by atoms with E-state index in [-0.39, 0.29) is 6.04 Å². The molecule has 140 valence electrons. The molecule has 0 spiro atoms. The molecule has 1 saturated carbocycles. The van der Waals surface area contributed by atoms with Crippen LogP contribution in [0.25, 0.3) is 0 Å². The van der Waals surface area contributed by atoms with Gasteiger partial charge in [-0.05, 0) is 24.8 Å². The van der Waals surface area contributed by atoms with Crippen molar-refractivity contribution in [2.75, 3.05) is 36.5 Å². The number of nitrogens with zero attached hydrogens (tertiary/aromatic N) is 5. The molecule has 0 amide bonds. The highest BCUT2D eigenvalue weighted by molar-refractivity contribution is 6.30. The Balaban J connectivity index is 1.37. The second kappa shape index (κ2) is 7.77. The second-order valence-electron chi connectivity index (χ2n) is 6.87. The van der Waals surface area contributed by atoms with E-state index in [0.29, 0.717) is 30.1 Å². The van der Waals surface area contributed by atoms with E-state index in [1.165, 1.54) is 0 Å². The number of aromatic nitrogens is 4. The zero-order chi connectivity index (χ0) is 17.9.